The van der Waals surface area contributed by atoms with Crippen LogP contribution in [0.15, 0.2) is 59.4 Å². The summed E-state index contributed by atoms with van der Waals surface area (Å²) >= 11 is 0. The van der Waals surface area contributed by atoms with Gasteiger partial charge in [-0.3, -0.25) is 14.7 Å². The highest BCUT2D eigenvalue weighted by molar-refractivity contribution is 5.76. The molecule has 0 spiro atoms. The minimum Gasteiger partial charge on any atom is -0.356 e. The molecule has 1 atom stereocenters. The molecule has 4 rings (SSSR count). The monoisotopic (exact) mass is 405 g/mol. The molecule has 1 N–H and O–H groups in total. The SMILES string of the molecule is O=C(CCc1nc(-c2ccncc2)no1)NCC1CCCN(Cc2ccccc2)C1. The number of hydrogen-bond donors (Lipinski definition) is 1. The van der Waals surface area contributed by atoms with Crippen LogP contribution in [0.2, 0.25) is 0 Å². The first kappa shape index (κ1) is 20.2. The second kappa shape index (κ2) is 10.1. The van der Waals surface area contributed by atoms with E-state index in [1.807, 2.05) is 18.2 Å². The molecular weight excluding hydrogens is 378 g/mol. The predicted octanol–water partition coefficient (Wildman–Crippen LogP) is 3.09. The Morgan fingerprint density at radius 3 is 2.83 bits per heavy atom. The number of hydrogen-bond acceptors (Lipinski definition) is 6. The van der Waals surface area contributed by atoms with Crippen LogP contribution in [0.3, 0.4) is 0 Å². The van der Waals surface area contributed by atoms with Gasteiger partial charge in [0.15, 0.2) is 0 Å². The van der Waals surface area contributed by atoms with Gasteiger partial charge in [0, 0.05) is 50.4 Å². The van der Waals surface area contributed by atoms with Crippen molar-refractivity contribution in [1.82, 2.24) is 25.3 Å². The van der Waals surface area contributed by atoms with Gasteiger partial charge in [0.05, 0.1) is 0 Å². The van der Waals surface area contributed by atoms with Gasteiger partial charge in [0.1, 0.15) is 0 Å². The topological polar surface area (TPSA) is 84.1 Å². The van der Waals surface area contributed by atoms with Gasteiger partial charge in [0.2, 0.25) is 17.6 Å². The number of rotatable bonds is 8. The molecule has 1 aliphatic heterocycles. The summed E-state index contributed by atoms with van der Waals surface area (Å²) in [6.07, 6.45) is 6.49. The first-order chi connectivity index (χ1) is 14.8. The quantitative estimate of drug-likeness (QED) is 0.620. The molecule has 7 heteroatoms. The minimum absolute atomic E-state index is 0.0267. The van der Waals surface area contributed by atoms with Crippen LogP contribution >= 0.6 is 0 Å². The number of amides is 1. The lowest BCUT2D eigenvalue weighted by atomic mass is 9.97. The zero-order valence-electron chi connectivity index (χ0n) is 17.0. The highest BCUT2D eigenvalue weighted by Gasteiger charge is 2.20. The molecule has 0 aliphatic carbocycles. The van der Waals surface area contributed by atoms with Crippen molar-refractivity contribution in [2.24, 2.45) is 5.92 Å². The first-order valence-corrected chi connectivity index (χ1v) is 10.5. The molecule has 2 aromatic heterocycles. The molecule has 0 bridgehead atoms. The molecule has 7 nitrogen and oxygen atoms in total. The third-order valence-electron chi connectivity index (χ3n) is 5.41. The Balaban J connectivity index is 1.19. The summed E-state index contributed by atoms with van der Waals surface area (Å²) in [7, 11) is 0. The van der Waals surface area contributed by atoms with Crippen molar-refractivity contribution in [1.29, 1.82) is 0 Å². The Labute approximate surface area is 176 Å². The number of carbonyl (C=O) groups is 1. The van der Waals surface area contributed by atoms with Crippen LogP contribution in [-0.4, -0.2) is 45.6 Å². The molecule has 30 heavy (non-hydrogen) atoms. The lowest BCUT2D eigenvalue weighted by Gasteiger charge is -2.32. The molecular formula is C23H27N5O2. The first-order valence-electron chi connectivity index (χ1n) is 10.5. The number of aromatic nitrogens is 3. The van der Waals surface area contributed by atoms with Crippen LogP contribution in [-0.2, 0) is 17.8 Å². The number of aryl methyl sites for hydroxylation is 1. The van der Waals surface area contributed by atoms with Crippen molar-refractivity contribution in [3.63, 3.8) is 0 Å². The summed E-state index contributed by atoms with van der Waals surface area (Å²) < 4.78 is 5.27. The number of piperidine rings is 1. The van der Waals surface area contributed by atoms with E-state index >= 15 is 0 Å². The van der Waals surface area contributed by atoms with Gasteiger partial charge in [-0.1, -0.05) is 35.5 Å². The largest absolute Gasteiger partial charge is 0.356 e. The van der Waals surface area contributed by atoms with Crippen molar-refractivity contribution in [2.75, 3.05) is 19.6 Å². The predicted molar refractivity (Wildman–Crippen MR) is 113 cm³/mol. The Morgan fingerprint density at radius 2 is 2.00 bits per heavy atom. The number of carbonyl (C=O) groups excluding carboxylic acids is 1. The Hall–Kier alpha value is -3.06. The summed E-state index contributed by atoms with van der Waals surface area (Å²) in [5.41, 5.74) is 2.19. The van der Waals surface area contributed by atoms with Crippen LogP contribution < -0.4 is 5.32 Å². The molecule has 3 aromatic rings. The van der Waals surface area contributed by atoms with Crippen molar-refractivity contribution in [3.8, 4) is 11.4 Å². The molecule has 156 valence electrons. The van der Waals surface area contributed by atoms with E-state index in [1.54, 1.807) is 12.4 Å². The van der Waals surface area contributed by atoms with Crippen LogP contribution in [0.25, 0.3) is 11.4 Å². The molecule has 1 saturated heterocycles. The molecule has 1 aromatic carbocycles. The molecule has 3 heterocycles. The van der Waals surface area contributed by atoms with Gasteiger partial charge in [-0.2, -0.15) is 4.98 Å². The Morgan fingerprint density at radius 1 is 1.17 bits per heavy atom. The highest BCUT2D eigenvalue weighted by atomic mass is 16.5. The standard InChI is InChI=1S/C23H27N5O2/c29-21(8-9-22-26-23(27-30-22)20-10-12-24-13-11-20)25-15-19-7-4-14-28(17-19)16-18-5-2-1-3-6-18/h1-3,5-6,10-13,19H,4,7-9,14-17H2,(H,25,29). The molecule has 1 unspecified atom stereocenters. The second-order valence-electron chi connectivity index (χ2n) is 7.78. The highest BCUT2D eigenvalue weighted by Crippen LogP contribution is 2.18. The zero-order chi connectivity index (χ0) is 20.6. The molecule has 1 aliphatic rings. The van der Waals surface area contributed by atoms with Crippen LogP contribution in [0.4, 0.5) is 0 Å². The van der Waals surface area contributed by atoms with Crippen molar-refractivity contribution in [3.05, 3.63) is 66.3 Å². The summed E-state index contributed by atoms with van der Waals surface area (Å²) in [5.74, 6) is 1.52. The maximum Gasteiger partial charge on any atom is 0.227 e. The summed E-state index contributed by atoms with van der Waals surface area (Å²) in [4.78, 5) is 23.1. The normalized spacial score (nSPS) is 17.0. The van der Waals surface area contributed by atoms with Crippen molar-refractivity contribution in [2.45, 2.75) is 32.2 Å². The minimum atomic E-state index is 0.0267. The van der Waals surface area contributed by atoms with Crippen molar-refractivity contribution >= 4 is 5.91 Å². The average molecular weight is 406 g/mol. The number of benzene rings is 1. The van der Waals surface area contributed by atoms with Crippen LogP contribution in [0.1, 0.15) is 30.7 Å². The summed E-state index contributed by atoms with van der Waals surface area (Å²) in [5, 5.41) is 7.06. The fraction of sp³-hybridized carbons (Fsp3) is 0.391. The van der Waals surface area contributed by atoms with E-state index in [4.69, 9.17) is 4.52 Å². The van der Waals surface area contributed by atoms with E-state index in [2.05, 4.69) is 49.6 Å². The van der Waals surface area contributed by atoms with Crippen molar-refractivity contribution < 1.29 is 9.32 Å². The Bertz CT molecular complexity index is 929. The third-order valence-corrected chi connectivity index (χ3v) is 5.41. The molecule has 1 amide bonds. The maximum atomic E-state index is 12.3. The van der Waals surface area contributed by atoms with Gasteiger partial charge in [-0.05, 0) is 43.0 Å². The van der Waals surface area contributed by atoms with E-state index < -0.39 is 0 Å². The van der Waals surface area contributed by atoms with E-state index in [1.165, 1.54) is 12.0 Å². The number of nitrogens with zero attached hydrogens (tertiary/aromatic N) is 4. The molecule has 0 saturated carbocycles. The zero-order valence-corrected chi connectivity index (χ0v) is 17.0. The molecule has 0 radical (unpaired) electrons. The van der Waals surface area contributed by atoms with Crippen LogP contribution in [0, 0.1) is 5.92 Å². The van der Waals surface area contributed by atoms with Gasteiger partial charge < -0.3 is 9.84 Å². The lowest BCUT2D eigenvalue weighted by molar-refractivity contribution is -0.121. The van der Waals surface area contributed by atoms with Gasteiger partial charge in [-0.25, -0.2) is 0 Å². The fourth-order valence-electron chi connectivity index (χ4n) is 3.84. The van der Waals surface area contributed by atoms with Crippen LogP contribution in [0.5, 0.6) is 0 Å². The maximum absolute atomic E-state index is 12.3. The fourth-order valence-corrected chi connectivity index (χ4v) is 3.84. The molecule has 1 fully saturated rings. The smallest absolute Gasteiger partial charge is 0.227 e. The van der Waals surface area contributed by atoms with Gasteiger partial charge in [-0.15, -0.1) is 0 Å². The average Bonchev–Trinajstić information content (AvgIpc) is 3.27. The summed E-state index contributed by atoms with van der Waals surface area (Å²) in [6, 6.07) is 14.2. The number of likely N-dealkylation sites (tertiary alicyclic amines) is 1. The summed E-state index contributed by atoms with van der Waals surface area (Å²) in [6.45, 7) is 3.84. The Kier molecular flexibility index (Phi) is 6.82. The lowest BCUT2D eigenvalue weighted by Crippen LogP contribution is -2.40. The number of nitrogens with one attached hydrogen (secondary N) is 1. The van der Waals surface area contributed by atoms with E-state index in [0.717, 1.165) is 38.2 Å². The van der Waals surface area contributed by atoms with Gasteiger partial charge >= 0.3 is 0 Å². The van der Waals surface area contributed by atoms with Gasteiger partial charge in [0.25, 0.3) is 0 Å². The number of pyridine rings is 1. The third kappa shape index (κ3) is 5.73. The van der Waals surface area contributed by atoms with E-state index in [0.29, 0.717) is 30.5 Å². The van der Waals surface area contributed by atoms with E-state index in [-0.39, 0.29) is 5.91 Å². The second-order valence-corrected chi connectivity index (χ2v) is 7.78. The van der Waals surface area contributed by atoms with E-state index in [9.17, 15) is 4.79 Å².